The van der Waals surface area contributed by atoms with Gasteiger partial charge in [-0.3, -0.25) is 4.79 Å². The first kappa shape index (κ1) is 15.5. The standard InChI is InChI=1S/C17H23ClN2O2/c1-9(12-6-10-3-4-11(12)5-10)20-17(21)13-7-14(18)15(19)8-16(13)22-2/h7-12H,3-6,19H2,1-2H3,(H,20,21). The van der Waals surface area contributed by atoms with Crippen LogP contribution in [0.15, 0.2) is 12.1 Å². The monoisotopic (exact) mass is 322 g/mol. The van der Waals surface area contributed by atoms with Crippen molar-refractivity contribution in [1.29, 1.82) is 0 Å². The van der Waals surface area contributed by atoms with Crippen molar-refractivity contribution in [3.8, 4) is 5.75 Å². The number of nitrogens with one attached hydrogen (secondary N) is 1. The topological polar surface area (TPSA) is 64.3 Å². The van der Waals surface area contributed by atoms with E-state index in [1.807, 2.05) is 0 Å². The van der Waals surface area contributed by atoms with E-state index in [9.17, 15) is 4.79 Å². The normalized spacial score (nSPS) is 27.7. The molecule has 0 radical (unpaired) electrons. The summed E-state index contributed by atoms with van der Waals surface area (Å²) in [4.78, 5) is 12.6. The molecule has 22 heavy (non-hydrogen) atoms. The van der Waals surface area contributed by atoms with Crippen LogP contribution in [0.4, 0.5) is 5.69 Å². The minimum atomic E-state index is -0.144. The lowest BCUT2D eigenvalue weighted by Crippen LogP contribution is -2.40. The second kappa shape index (κ2) is 5.99. The van der Waals surface area contributed by atoms with Gasteiger partial charge in [0.15, 0.2) is 0 Å². The minimum Gasteiger partial charge on any atom is -0.496 e. The van der Waals surface area contributed by atoms with Crippen molar-refractivity contribution in [2.75, 3.05) is 12.8 Å². The van der Waals surface area contributed by atoms with E-state index in [0.29, 0.717) is 27.9 Å². The Morgan fingerprint density at radius 3 is 2.77 bits per heavy atom. The molecular formula is C17H23ClN2O2. The van der Waals surface area contributed by atoms with E-state index in [1.165, 1.54) is 32.8 Å². The number of ether oxygens (including phenoxy) is 1. The molecule has 0 aromatic heterocycles. The quantitative estimate of drug-likeness (QED) is 0.834. The molecular weight excluding hydrogens is 300 g/mol. The maximum Gasteiger partial charge on any atom is 0.255 e. The largest absolute Gasteiger partial charge is 0.496 e. The van der Waals surface area contributed by atoms with Gasteiger partial charge >= 0.3 is 0 Å². The first-order chi connectivity index (χ1) is 10.5. The molecule has 1 aromatic rings. The maximum atomic E-state index is 12.6. The fourth-order valence-corrected chi connectivity index (χ4v) is 4.38. The van der Waals surface area contributed by atoms with E-state index in [-0.39, 0.29) is 11.9 Å². The number of hydrogen-bond donors (Lipinski definition) is 2. The Hall–Kier alpha value is -1.42. The first-order valence-corrected chi connectivity index (χ1v) is 8.31. The number of nitrogen functional groups attached to an aromatic ring is 1. The number of amides is 1. The Labute approximate surface area is 136 Å². The maximum absolute atomic E-state index is 12.6. The smallest absolute Gasteiger partial charge is 0.255 e. The van der Waals surface area contributed by atoms with Crippen LogP contribution in [0.25, 0.3) is 0 Å². The summed E-state index contributed by atoms with van der Waals surface area (Å²) in [6.45, 7) is 2.11. The first-order valence-electron chi connectivity index (χ1n) is 7.93. The van der Waals surface area contributed by atoms with Crippen LogP contribution >= 0.6 is 11.6 Å². The van der Waals surface area contributed by atoms with Gasteiger partial charge in [-0.1, -0.05) is 18.0 Å². The number of fused-ring (bicyclic) bond motifs is 2. The summed E-state index contributed by atoms with van der Waals surface area (Å²) in [6, 6.07) is 3.35. The summed E-state index contributed by atoms with van der Waals surface area (Å²) in [5.74, 6) is 2.55. The molecule has 2 fully saturated rings. The van der Waals surface area contributed by atoms with E-state index in [4.69, 9.17) is 22.1 Å². The highest BCUT2D eigenvalue weighted by molar-refractivity contribution is 6.33. The molecule has 0 spiro atoms. The third-order valence-electron chi connectivity index (χ3n) is 5.36. The Morgan fingerprint density at radius 1 is 1.41 bits per heavy atom. The van der Waals surface area contributed by atoms with Crippen molar-refractivity contribution in [3.05, 3.63) is 22.7 Å². The van der Waals surface area contributed by atoms with Crippen molar-refractivity contribution >= 4 is 23.2 Å². The molecule has 1 aromatic carbocycles. The van der Waals surface area contributed by atoms with Gasteiger partial charge < -0.3 is 15.8 Å². The van der Waals surface area contributed by atoms with Gasteiger partial charge in [0.25, 0.3) is 5.91 Å². The third-order valence-corrected chi connectivity index (χ3v) is 5.68. The lowest BCUT2D eigenvalue weighted by molar-refractivity contribution is 0.0912. The fraction of sp³-hybridized carbons (Fsp3) is 0.588. The molecule has 0 saturated heterocycles. The molecule has 4 unspecified atom stereocenters. The Bertz CT molecular complexity index is 590. The average Bonchev–Trinajstić information content (AvgIpc) is 3.12. The zero-order valence-corrected chi connectivity index (χ0v) is 13.8. The molecule has 2 bridgehead atoms. The van der Waals surface area contributed by atoms with Gasteiger partial charge in [-0.2, -0.15) is 0 Å². The van der Waals surface area contributed by atoms with Crippen molar-refractivity contribution < 1.29 is 9.53 Å². The highest BCUT2D eigenvalue weighted by Gasteiger charge is 2.42. The van der Waals surface area contributed by atoms with Crippen molar-refractivity contribution in [2.24, 2.45) is 17.8 Å². The number of carbonyl (C=O) groups is 1. The van der Waals surface area contributed by atoms with E-state index >= 15 is 0 Å². The molecule has 2 aliphatic rings. The molecule has 3 rings (SSSR count). The van der Waals surface area contributed by atoms with Crippen molar-refractivity contribution in [1.82, 2.24) is 5.32 Å². The van der Waals surface area contributed by atoms with Gasteiger partial charge in [0.1, 0.15) is 5.75 Å². The second-order valence-corrected chi connectivity index (χ2v) is 7.08. The van der Waals surface area contributed by atoms with Crippen LogP contribution in [-0.4, -0.2) is 19.1 Å². The van der Waals surface area contributed by atoms with Crippen molar-refractivity contribution in [2.45, 2.75) is 38.6 Å². The van der Waals surface area contributed by atoms with Crippen LogP contribution in [0.5, 0.6) is 5.75 Å². The highest BCUT2D eigenvalue weighted by atomic mass is 35.5. The average molecular weight is 323 g/mol. The Kier molecular flexibility index (Phi) is 4.22. The van der Waals surface area contributed by atoms with Gasteiger partial charge in [0.2, 0.25) is 0 Å². The van der Waals surface area contributed by atoms with Gasteiger partial charge in [0.05, 0.1) is 23.4 Å². The Balaban J connectivity index is 1.73. The molecule has 120 valence electrons. The second-order valence-electron chi connectivity index (χ2n) is 6.67. The molecule has 0 aliphatic heterocycles. The van der Waals surface area contributed by atoms with Crippen LogP contribution in [-0.2, 0) is 0 Å². The summed E-state index contributed by atoms with van der Waals surface area (Å²) >= 11 is 6.04. The van der Waals surface area contributed by atoms with E-state index in [1.54, 1.807) is 12.1 Å². The van der Waals surface area contributed by atoms with Gasteiger partial charge in [-0.05, 0) is 50.0 Å². The van der Waals surface area contributed by atoms with Crippen LogP contribution in [0.1, 0.15) is 43.0 Å². The predicted octanol–water partition coefficient (Wildman–Crippen LogP) is 3.49. The highest BCUT2D eigenvalue weighted by Crippen LogP contribution is 2.49. The third kappa shape index (κ3) is 2.76. The number of benzene rings is 1. The molecule has 2 saturated carbocycles. The van der Waals surface area contributed by atoms with Gasteiger partial charge in [-0.15, -0.1) is 0 Å². The van der Waals surface area contributed by atoms with Crippen LogP contribution in [0, 0.1) is 17.8 Å². The number of hydrogen-bond acceptors (Lipinski definition) is 3. The number of rotatable bonds is 4. The van der Waals surface area contributed by atoms with Crippen LogP contribution in [0.2, 0.25) is 5.02 Å². The predicted molar refractivity (Wildman–Crippen MR) is 88.3 cm³/mol. The lowest BCUT2D eigenvalue weighted by Gasteiger charge is -2.28. The molecule has 3 N–H and O–H groups in total. The molecule has 4 atom stereocenters. The van der Waals surface area contributed by atoms with Gasteiger partial charge in [-0.25, -0.2) is 0 Å². The zero-order valence-electron chi connectivity index (χ0n) is 13.1. The van der Waals surface area contributed by atoms with Gasteiger partial charge in [0, 0.05) is 12.1 Å². The summed E-state index contributed by atoms with van der Waals surface area (Å²) in [6.07, 6.45) is 5.25. The van der Waals surface area contributed by atoms with Crippen LogP contribution in [0.3, 0.4) is 0 Å². The zero-order chi connectivity index (χ0) is 15.9. The molecule has 1 amide bonds. The summed E-state index contributed by atoms with van der Waals surface area (Å²) in [7, 11) is 1.53. The summed E-state index contributed by atoms with van der Waals surface area (Å²) in [5.41, 5.74) is 6.62. The number of carbonyl (C=O) groups excluding carboxylic acids is 1. The lowest BCUT2D eigenvalue weighted by atomic mass is 9.84. The number of halogens is 1. The number of methoxy groups -OCH3 is 1. The fourth-order valence-electron chi connectivity index (χ4n) is 4.21. The molecule has 2 aliphatic carbocycles. The SMILES string of the molecule is COc1cc(N)c(Cl)cc1C(=O)NC(C)C1CC2CCC1C2. The van der Waals surface area contributed by atoms with Crippen molar-refractivity contribution in [3.63, 3.8) is 0 Å². The van der Waals surface area contributed by atoms with Crippen LogP contribution < -0.4 is 15.8 Å². The Morgan fingerprint density at radius 2 is 2.18 bits per heavy atom. The number of nitrogens with two attached hydrogens (primary N) is 1. The molecule has 5 heteroatoms. The summed E-state index contributed by atoms with van der Waals surface area (Å²) in [5, 5.41) is 3.50. The number of anilines is 1. The summed E-state index contributed by atoms with van der Waals surface area (Å²) < 4.78 is 5.26. The van der Waals surface area contributed by atoms with E-state index in [2.05, 4.69) is 12.2 Å². The minimum absolute atomic E-state index is 0.144. The molecule has 0 heterocycles. The van der Waals surface area contributed by atoms with E-state index < -0.39 is 0 Å². The molecule has 4 nitrogen and oxygen atoms in total. The van der Waals surface area contributed by atoms with E-state index in [0.717, 1.165) is 11.8 Å².